The number of aryl methyl sites for hydroxylation is 2. The lowest BCUT2D eigenvalue weighted by atomic mass is 9.96. The van der Waals surface area contributed by atoms with Crippen molar-refractivity contribution in [1.29, 1.82) is 0 Å². The Bertz CT molecular complexity index is 576. The van der Waals surface area contributed by atoms with E-state index in [9.17, 15) is 9.90 Å². The number of nitrogens with zero attached hydrogens (tertiary/aromatic N) is 2. The summed E-state index contributed by atoms with van der Waals surface area (Å²) in [4.78, 5) is 12.0. The van der Waals surface area contributed by atoms with Gasteiger partial charge in [0.15, 0.2) is 6.29 Å². The van der Waals surface area contributed by atoms with Crippen LogP contribution in [0.4, 0.5) is 4.79 Å². The van der Waals surface area contributed by atoms with E-state index in [2.05, 4.69) is 15.7 Å². The van der Waals surface area contributed by atoms with Crippen molar-refractivity contribution in [2.45, 2.75) is 57.8 Å². The van der Waals surface area contributed by atoms with E-state index in [4.69, 9.17) is 9.47 Å². The van der Waals surface area contributed by atoms with E-state index >= 15 is 0 Å². The Morgan fingerprint density at radius 1 is 1.52 bits per heavy atom. The number of rotatable bonds is 4. The Balaban J connectivity index is 1.79. The summed E-state index contributed by atoms with van der Waals surface area (Å²) in [7, 11) is 0. The molecule has 23 heavy (non-hydrogen) atoms. The van der Waals surface area contributed by atoms with Crippen molar-refractivity contribution in [2.24, 2.45) is 0 Å². The van der Waals surface area contributed by atoms with Crippen LogP contribution in [0.1, 0.15) is 30.8 Å². The Hall–Kier alpha value is -1.64. The molecule has 8 nitrogen and oxygen atoms in total. The van der Waals surface area contributed by atoms with Crippen LogP contribution in [0.25, 0.3) is 0 Å². The standard InChI is InChI=1S/C15H24N4O4/c1-4-5-16-15(21)17-11-10-7-22-14(23-10)12(13(11)20)19-9(3)6-8(2)18-19/h6,10-14,20H,4-5,7H2,1-3H3,(H2,16,17,21)/t10-,11-,12-,13+,14-/m1/s1. The van der Waals surface area contributed by atoms with Gasteiger partial charge in [-0.1, -0.05) is 6.92 Å². The van der Waals surface area contributed by atoms with Crippen molar-refractivity contribution in [2.75, 3.05) is 13.2 Å². The van der Waals surface area contributed by atoms with Crippen molar-refractivity contribution in [3.63, 3.8) is 0 Å². The van der Waals surface area contributed by atoms with Crippen LogP contribution in [0.3, 0.4) is 0 Å². The minimum atomic E-state index is -0.841. The summed E-state index contributed by atoms with van der Waals surface area (Å²) in [6, 6.07) is 0.597. The monoisotopic (exact) mass is 324 g/mol. The molecular weight excluding hydrogens is 300 g/mol. The van der Waals surface area contributed by atoms with Gasteiger partial charge < -0.3 is 25.2 Å². The van der Waals surface area contributed by atoms with Gasteiger partial charge in [0.25, 0.3) is 0 Å². The molecule has 2 aliphatic rings. The van der Waals surface area contributed by atoms with Crippen LogP contribution in [-0.4, -0.2) is 58.6 Å². The molecule has 5 atom stereocenters. The predicted octanol–water partition coefficient (Wildman–Crippen LogP) is 0.235. The second-order valence-electron chi connectivity index (χ2n) is 6.16. The van der Waals surface area contributed by atoms with Gasteiger partial charge >= 0.3 is 6.03 Å². The molecule has 0 aliphatic carbocycles. The van der Waals surface area contributed by atoms with E-state index < -0.39 is 24.5 Å². The van der Waals surface area contributed by atoms with Gasteiger partial charge in [-0.25, -0.2) is 4.79 Å². The van der Waals surface area contributed by atoms with Crippen molar-refractivity contribution in [3.8, 4) is 0 Å². The number of amides is 2. The number of carbonyl (C=O) groups excluding carboxylic acids is 1. The third kappa shape index (κ3) is 3.06. The smallest absolute Gasteiger partial charge is 0.315 e. The molecule has 3 N–H and O–H groups in total. The Morgan fingerprint density at radius 2 is 2.30 bits per heavy atom. The summed E-state index contributed by atoms with van der Waals surface area (Å²) in [5, 5.41) is 20.8. The van der Waals surface area contributed by atoms with E-state index in [0.29, 0.717) is 13.2 Å². The van der Waals surface area contributed by atoms with E-state index in [1.807, 2.05) is 26.8 Å². The van der Waals surface area contributed by atoms with E-state index in [-0.39, 0.29) is 12.1 Å². The van der Waals surface area contributed by atoms with Crippen LogP contribution < -0.4 is 10.6 Å². The summed E-state index contributed by atoms with van der Waals surface area (Å²) < 4.78 is 13.2. The Labute approximate surface area is 135 Å². The Kier molecular flexibility index (Phi) is 4.56. The number of nitrogens with one attached hydrogen (secondary N) is 2. The lowest BCUT2D eigenvalue weighted by Crippen LogP contribution is -2.60. The van der Waals surface area contributed by atoms with Gasteiger partial charge in [0.05, 0.1) is 18.3 Å². The highest BCUT2D eigenvalue weighted by Crippen LogP contribution is 2.36. The number of aliphatic hydroxyl groups is 1. The van der Waals surface area contributed by atoms with Crippen LogP contribution in [0.2, 0.25) is 0 Å². The average Bonchev–Trinajstić information content (AvgIpc) is 3.07. The highest BCUT2D eigenvalue weighted by atomic mass is 16.7. The van der Waals surface area contributed by atoms with E-state index in [1.165, 1.54) is 0 Å². The minimum Gasteiger partial charge on any atom is -0.388 e. The summed E-state index contributed by atoms with van der Waals surface area (Å²) in [5.74, 6) is 0. The zero-order valence-corrected chi connectivity index (χ0v) is 13.7. The quantitative estimate of drug-likeness (QED) is 0.737. The van der Waals surface area contributed by atoms with Crippen LogP contribution in [-0.2, 0) is 9.47 Å². The SMILES string of the molecule is CCCNC(=O)N[C@H]1[C@H](O)[C@@H](n2nc(C)cc2C)[C@@H]2OC[C@H]1O2. The molecule has 8 heteroatoms. The molecule has 2 fully saturated rings. The topological polar surface area (TPSA) is 97.6 Å². The predicted molar refractivity (Wildman–Crippen MR) is 82.0 cm³/mol. The van der Waals surface area contributed by atoms with Gasteiger partial charge in [0, 0.05) is 12.2 Å². The lowest BCUT2D eigenvalue weighted by Gasteiger charge is -2.39. The molecule has 2 amide bonds. The molecule has 1 aromatic rings. The normalized spacial score (nSPS) is 32.8. The molecule has 2 aliphatic heterocycles. The van der Waals surface area contributed by atoms with Crippen LogP contribution in [0, 0.1) is 13.8 Å². The summed E-state index contributed by atoms with van der Waals surface area (Å²) >= 11 is 0. The molecule has 0 radical (unpaired) electrons. The molecule has 128 valence electrons. The van der Waals surface area contributed by atoms with Gasteiger partial charge in [-0.2, -0.15) is 5.10 Å². The molecule has 2 saturated heterocycles. The summed E-state index contributed by atoms with van der Waals surface area (Å²) in [6.07, 6.45) is -0.896. The molecule has 1 aromatic heterocycles. The van der Waals surface area contributed by atoms with Gasteiger partial charge in [-0.05, 0) is 26.3 Å². The molecule has 0 saturated carbocycles. The fraction of sp³-hybridized carbons (Fsp3) is 0.733. The molecule has 0 aromatic carbocycles. The maximum Gasteiger partial charge on any atom is 0.315 e. The van der Waals surface area contributed by atoms with Crippen molar-refractivity contribution in [3.05, 3.63) is 17.5 Å². The molecule has 3 rings (SSSR count). The largest absolute Gasteiger partial charge is 0.388 e. The number of urea groups is 1. The van der Waals surface area contributed by atoms with Crippen molar-refractivity contribution >= 4 is 6.03 Å². The van der Waals surface area contributed by atoms with Crippen LogP contribution >= 0.6 is 0 Å². The first kappa shape index (κ1) is 16.2. The number of hydrogen-bond acceptors (Lipinski definition) is 5. The van der Waals surface area contributed by atoms with Gasteiger partial charge in [-0.3, -0.25) is 4.68 Å². The maximum absolute atomic E-state index is 12.0. The molecule has 0 spiro atoms. The molecule has 0 unspecified atom stereocenters. The third-order valence-electron chi connectivity index (χ3n) is 4.29. The second-order valence-corrected chi connectivity index (χ2v) is 6.16. The maximum atomic E-state index is 12.0. The number of ether oxygens (including phenoxy) is 2. The zero-order chi connectivity index (χ0) is 16.6. The first-order valence-corrected chi connectivity index (χ1v) is 8.03. The fourth-order valence-corrected chi connectivity index (χ4v) is 3.23. The van der Waals surface area contributed by atoms with Gasteiger partial charge in [0.1, 0.15) is 18.2 Å². The van der Waals surface area contributed by atoms with E-state index in [0.717, 1.165) is 17.8 Å². The number of aliphatic hydroxyl groups excluding tert-OH is 1. The molecule has 2 bridgehead atoms. The second kappa shape index (κ2) is 6.46. The Morgan fingerprint density at radius 3 is 2.96 bits per heavy atom. The first-order valence-electron chi connectivity index (χ1n) is 8.03. The third-order valence-corrected chi connectivity index (χ3v) is 4.29. The summed E-state index contributed by atoms with van der Waals surface area (Å²) in [6.45, 7) is 6.72. The average molecular weight is 324 g/mol. The summed E-state index contributed by atoms with van der Waals surface area (Å²) in [5.41, 5.74) is 1.78. The lowest BCUT2D eigenvalue weighted by molar-refractivity contribution is -0.166. The van der Waals surface area contributed by atoms with Crippen LogP contribution in [0.5, 0.6) is 0 Å². The van der Waals surface area contributed by atoms with Crippen molar-refractivity contribution in [1.82, 2.24) is 20.4 Å². The fourth-order valence-electron chi connectivity index (χ4n) is 3.23. The number of fused-ring (bicyclic) bond motifs is 2. The van der Waals surface area contributed by atoms with Crippen LogP contribution in [0.15, 0.2) is 6.07 Å². The van der Waals surface area contributed by atoms with E-state index in [1.54, 1.807) is 4.68 Å². The zero-order valence-electron chi connectivity index (χ0n) is 13.7. The first-order chi connectivity index (χ1) is 11.0. The molecular formula is C15H24N4O4. The van der Waals surface area contributed by atoms with Gasteiger partial charge in [-0.15, -0.1) is 0 Å². The molecule has 3 heterocycles. The van der Waals surface area contributed by atoms with Gasteiger partial charge in [0.2, 0.25) is 0 Å². The van der Waals surface area contributed by atoms with Crippen molar-refractivity contribution < 1.29 is 19.4 Å². The number of aromatic nitrogens is 2. The minimum absolute atomic E-state index is 0.308. The highest BCUT2D eigenvalue weighted by molar-refractivity contribution is 5.74. The number of hydrogen-bond donors (Lipinski definition) is 3. The number of carbonyl (C=O) groups is 1. The highest BCUT2D eigenvalue weighted by Gasteiger charge is 2.52.